The summed E-state index contributed by atoms with van der Waals surface area (Å²) in [4.78, 5) is 24.2. The predicted octanol–water partition coefficient (Wildman–Crippen LogP) is 1.25. The number of hydrogen-bond acceptors (Lipinski definition) is 4. The molecule has 0 bridgehead atoms. The summed E-state index contributed by atoms with van der Waals surface area (Å²) in [5, 5.41) is 13.4. The number of hydrogen-bond donors (Lipinski definition) is 3. The minimum atomic E-state index is -0.125. The van der Waals surface area contributed by atoms with Gasteiger partial charge in [0, 0.05) is 50.0 Å². The Balaban J connectivity index is 1.49. The van der Waals surface area contributed by atoms with Crippen molar-refractivity contribution in [2.24, 2.45) is 13.0 Å². The fourth-order valence-corrected chi connectivity index (χ4v) is 3.63. The van der Waals surface area contributed by atoms with Crippen molar-refractivity contribution in [2.75, 3.05) is 23.7 Å². The van der Waals surface area contributed by atoms with Crippen LogP contribution in [0.15, 0.2) is 30.6 Å². The van der Waals surface area contributed by atoms with Gasteiger partial charge in [-0.05, 0) is 35.7 Å². The van der Waals surface area contributed by atoms with Crippen LogP contribution in [0.1, 0.15) is 23.5 Å². The van der Waals surface area contributed by atoms with Gasteiger partial charge in [-0.1, -0.05) is 0 Å². The highest BCUT2D eigenvalue weighted by molar-refractivity contribution is 5.96. The lowest BCUT2D eigenvalue weighted by atomic mass is 9.90. The summed E-state index contributed by atoms with van der Waals surface area (Å²) in [6, 6.07) is 5.64. The van der Waals surface area contributed by atoms with E-state index < -0.39 is 0 Å². The number of benzene rings is 1. The number of amides is 2. The number of fused-ring (bicyclic) bond motifs is 1. The zero-order valence-electron chi connectivity index (χ0n) is 14.1. The molecule has 2 amide bonds. The Hall–Kier alpha value is -2.67. The number of anilines is 2. The van der Waals surface area contributed by atoms with Crippen molar-refractivity contribution in [3.05, 3.63) is 41.7 Å². The largest absolute Gasteiger partial charge is 0.326 e. The van der Waals surface area contributed by atoms with Crippen LogP contribution in [0.4, 0.5) is 11.4 Å². The third-order valence-electron chi connectivity index (χ3n) is 4.97. The zero-order valence-corrected chi connectivity index (χ0v) is 14.1. The molecule has 1 saturated heterocycles. The molecule has 0 spiro atoms. The maximum absolute atomic E-state index is 12.8. The molecule has 0 radical (unpaired) electrons. The van der Waals surface area contributed by atoms with E-state index in [0.717, 1.165) is 29.0 Å². The highest BCUT2D eigenvalue weighted by Gasteiger charge is 2.34. The third-order valence-corrected chi connectivity index (χ3v) is 4.97. The average Bonchev–Trinajstić information content (AvgIpc) is 3.23. The zero-order chi connectivity index (χ0) is 17.4. The smallest absolute Gasteiger partial charge is 0.229 e. The average molecular weight is 339 g/mol. The summed E-state index contributed by atoms with van der Waals surface area (Å²) in [7, 11) is 1.88. The Morgan fingerprint density at radius 2 is 2.20 bits per heavy atom. The van der Waals surface area contributed by atoms with Gasteiger partial charge < -0.3 is 16.0 Å². The van der Waals surface area contributed by atoms with Crippen LogP contribution in [0.25, 0.3) is 0 Å². The van der Waals surface area contributed by atoms with Crippen LogP contribution in [-0.4, -0.2) is 34.7 Å². The van der Waals surface area contributed by atoms with Crippen molar-refractivity contribution >= 4 is 23.2 Å². The topological polar surface area (TPSA) is 88.0 Å². The number of aryl methyl sites for hydroxylation is 2. The molecular formula is C18H21N5O2. The van der Waals surface area contributed by atoms with Crippen molar-refractivity contribution in [1.29, 1.82) is 0 Å². The Bertz CT molecular complexity index is 829. The fraction of sp³-hybridized carbons (Fsp3) is 0.389. The van der Waals surface area contributed by atoms with E-state index in [1.807, 2.05) is 37.6 Å². The van der Waals surface area contributed by atoms with Crippen molar-refractivity contribution < 1.29 is 9.59 Å². The summed E-state index contributed by atoms with van der Waals surface area (Å²) in [5.74, 6) is 0.0600. The first-order chi connectivity index (χ1) is 12.1. The highest BCUT2D eigenvalue weighted by Crippen LogP contribution is 2.30. The lowest BCUT2D eigenvalue weighted by Gasteiger charge is -2.20. The van der Waals surface area contributed by atoms with Gasteiger partial charge in [-0.15, -0.1) is 0 Å². The Morgan fingerprint density at radius 3 is 3.00 bits per heavy atom. The molecule has 1 aromatic heterocycles. The third kappa shape index (κ3) is 3.15. The molecule has 3 heterocycles. The second-order valence-corrected chi connectivity index (χ2v) is 6.73. The molecule has 0 aliphatic carbocycles. The predicted molar refractivity (Wildman–Crippen MR) is 94.3 cm³/mol. The van der Waals surface area contributed by atoms with Crippen molar-refractivity contribution in [2.45, 2.75) is 18.8 Å². The van der Waals surface area contributed by atoms with E-state index in [1.54, 1.807) is 4.68 Å². The van der Waals surface area contributed by atoms with Gasteiger partial charge in [-0.3, -0.25) is 14.3 Å². The van der Waals surface area contributed by atoms with Gasteiger partial charge in [0.1, 0.15) is 0 Å². The minimum Gasteiger partial charge on any atom is -0.326 e. The molecule has 25 heavy (non-hydrogen) atoms. The van der Waals surface area contributed by atoms with Crippen LogP contribution in [0.3, 0.4) is 0 Å². The Morgan fingerprint density at radius 1 is 1.32 bits per heavy atom. The molecule has 7 nitrogen and oxygen atoms in total. The normalized spacial score (nSPS) is 22.4. The fourth-order valence-electron chi connectivity index (χ4n) is 3.63. The first-order valence-corrected chi connectivity index (χ1v) is 8.53. The van der Waals surface area contributed by atoms with Crippen molar-refractivity contribution in [3.63, 3.8) is 0 Å². The standard InChI is InChI=1S/C18H21N5O2/c1-23-10-12(7-20-23)14-8-19-9-15(14)18(25)21-13-3-4-16-11(6-13)2-5-17(24)22-16/h3-4,6-7,10,14-15,19H,2,5,8-9H2,1H3,(H,21,25)(H,22,24)/t14-,15+/m1/s1. The van der Waals surface area contributed by atoms with E-state index in [0.29, 0.717) is 19.4 Å². The van der Waals surface area contributed by atoms with Gasteiger partial charge in [0.2, 0.25) is 11.8 Å². The van der Waals surface area contributed by atoms with Crippen molar-refractivity contribution in [1.82, 2.24) is 15.1 Å². The summed E-state index contributed by atoms with van der Waals surface area (Å²) in [5.41, 5.74) is 3.76. The molecule has 3 N–H and O–H groups in total. The number of nitrogens with one attached hydrogen (secondary N) is 3. The lowest BCUT2D eigenvalue weighted by Crippen LogP contribution is -2.28. The number of carbonyl (C=O) groups excluding carboxylic acids is 2. The molecule has 0 saturated carbocycles. The van der Waals surface area contributed by atoms with E-state index in [-0.39, 0.29) is 23.7 Å². The summed E-state index contributed by atoms with van der Waals surface area (Å²) in [6.45, 7) is 1.44. The molecule has 7 heteroatoms. The molecule has 130 valence electrons. The monoisotopic (exact) mass is 339 g/mol. The van der Waals surface area contributed by atoms with Crippen LogP contribution in [0, 0.1) is 5.92 Å². The van der Waals surface area contributed by atoms with Crippen LogP contribution in [0.2, 0.25) is 0 Å². The molecule has 2 aliphatic rings. The molecule has 1 aromatic carbocycles. The number of rotatable bonds is 3. The maximum atomic E-state index is 12.8. The summed E-state index contributed by atoms with van der Waals surface area (Å²) >= 11 is 0. The lowest BCUT2D eigenvalue weighted by molar-refractivity contribution is -0.119. The SMILES string of the molecule is Cn1cc([C@H]2CNC[C@@H]2C(=O)Nc2ccc3c(c2)CCC(=O)N3)cn1. The first-order valence-electron chi connectivity index (χ1n) is 8.53. The van der Waals surface area contributed by atoms with Gasteiger partial charge in [-0.25, -0.2) is 0 Å². The van der Waals surface area contributed by atoms with Gasteiger partial charge in [0.15, 0.2) is 0 Å². The van der Waals surface area contributed by atoms with E-state index in [2.05, 4.69) is 21.0 Å². The second kappa shape index (κ2) is 6.33. The second-order valence-electron chi connectivity index (χ2n) is 6.73. The molecule has 2 aliphatic heterocycles. The van der Waals surface area contributed by atoms with E-state index >= 15 is 0 Å². The Kier molecular flexibility index (Phi) is 4.01. The molecule has 0 unspecified atom stereocenters. The maximum Gasteiger partial charge on any atom is 0.229 e. The molecule has 4 rings (SSSR count). The number of carbonyl (C=O) groups is 2. The van der Waals surface area contributed by atoms with Gasteiger partial charge in [-0.2, -0.15) is 5.10 Å². The molecule has 1 fully saturated rings. The van der Waals surface area contributed by atoms with Crippen LogP contribution in [-0.2, 0) is 23.1 Å². The van der Waals surface area contributed by atoms with Gasteiger partial charge >= 0.3 is 0 Å². The molecule has 2 aromatic rings. The van der Waals surface area contributed by atoms with E-state index in [4.69, 9.17) is 0 Å². The van der Waals surface area contributed by atoms with Crippen molar-refractivity contribution in [3.8, 4) is 0 Å². The minimum absolute atomic E-state index is 0.0126. The molecule has 2 atom stereocenters. The summed E-state index contributed by atoms with van der Waals surface area (Å²) < 4.78 is 1.76. The van der Waals surface area contributed by atoms with Gasteiger partial charge in [0.25, 0.3) is 0 Å². The van der Waals surface area contributed by atoms with E-state index in [1.165, 1.54) is 0 Å². The van der Waals surface area contributed by atoms with Gasteiger partial charge in [0.05, 0.1) is 12.1 Å². The number of aromatic nitrogens is 2. The Labute approximate surface area is 145 Å². The quantitative estimate of drug-likeness (QED) is 0.785. The highest BCUT2D eigenvalue weighted by atomic mass is 16.2. The van der Waals surface area contributed by atoms with Crippen LogP contribution in [0.5, 0.6) is 0 Å². The van der Waals surface area contributed by atoms with Crippen LogP contribution < -0.4 is 16.0 Å². The number of nitrogens with zero attached hydrogens (tertiary/aromatic N) is 2. The first kappa shape index (κ1) is 15.8. The van der Waals surface area contributed by atoms with Crippen LogP contribution >= 0.6 is 0 Å². The summed E-state index contributed by atoms with van der Waals surface area (Å²) in [6.07, 6.45) is 4.99. The van der Waals surface area contributed by atoms with E-state index in [9.17, 15) is 9.59 Å². The molecular weight excluding hydrogens is 318 g/mol.